The van der Waals surface area contributed by atoms with Crippen LogP contribution < -0.4 is 0 Å². The third-order valence-corrected chi connectivity index (χ3v) is 2.98. The number of quaternary nitrogens is 1. The van der Waals surface area contributed by atoms with Crippen molar-refractivity contribution in [2.75, 3.05) is 26.7 Å². The van der Waals surface area contributed by atoms with Gasteiger partial charge in [0.1, 0.15) is 0 Å². The largest absolute Gasteiger partial charge is 0.326 e. The van der Waals surface area contributed by atoms with Gasteiger partial charge in [-0.2, -0.15) is 0 Å². The first-order valence-electron chi connectivity index (χ1n) is 5.41. The minimum absolute atomic E-state index is 0.876. The van der Waals surface area contributed by atoms with Gasteiger partial charge in [0.05, 0.1) is 26.7 Å². The van der Waals surface area contributed by atoms with E-state index in [1.807, 2.05) is 0 Å². The first-order valence-corrected chi connectivity index (χ1v) is 5.41. The van der Waals surface area contributed by atoms with Crippen LogP contribution in [0.2, 0.25) is 0 Å². The monoisotopic (exact) mass is 172 g/mol. The van der Waals surface area contributed by atoms with Crippen molar-refractivity contribution in [1.82, 2.24) is 0 Å². The Hall–Kier alpha value is -0.0400. The molecule has 0 fully saturated rings. The van der Waals surface area contributed by atoms with E-state index in [9.17, 15) is 0 Å². The average molecular weight is 172 g/mol. The number of nitrogens with zero attached hydrogens (tertiary/aromatic N) is 1. The van der Waals surface area contributed by atoms with E-state index in [1.165, 1.54) is 37.0 Å². The Morgan fingerprint density at radius 3 is 2.08 bits per heavy atom. The highest BCUT2D eigenvalue weighted by atomic mass is 15.3. The van der Waals surface area contributed by atoms with Crippen molar-refractivity contribution in [1.29, 1.82) is 0 Å². The fraction of sp³-hybridized carbons (Fsp3) is 1.00. The van der Waals surface area contributed by atoms with Crippen LogP contribution in [0.1, 0.15) is 40.5 Å². The van der Waals surface area contributed by atoms with Crippen molar-refractivity contribution in [3.8, 4) is 0 Å². The van der Waals surface area contributed by atoms with Gasteiger partial charge >= 0.3 is 0 Å². The maximum Gasteiger partial charge on any atom is 0.0810 e. The lowest BCUT2D eigenvalue weighted by Gasteiger charge is -2.35. The molecular formula is C11H26N+. The highest BCUT2D eigenvalue weighted by molar-refractivity contribution is 4.48. The van der Waals surface area contributed by atoms with Crippen molar-refractivity contribution < 1.29 is 4.48 Å². The van der Waals surface area contributed by atoms with E-state index >= 15 is 0 Å². The second-order valence-corrected chi connectivity index (χ2v) is 4.36. The Morgan fingerprint density at radius 2 is 1.75 bits per heavy atom. The minimum Gasteiger partial charge on any atom is -0.326 e. The molecule has 2 atom stereocenters. The van der Waals surface area contributed by atoms with Gasteiger partial charge in [-0.25, -0.2) is 0 Å². The molecule has 0 amide bonds. The van der Waals surface area contributed by atoms with Crippen LogP contribution in [0.5, 0.6) is 0 Å². The third kappa shape index (κ3) is 4.10. The molecule has 1 nitrogen and oxygen atoms in total. The lowest BCUT2D eigenvalue weighted by Crippen LogP contribution is -2.47. The smallest absolute Gasteiger partial charge is 0.0810 e. The summed E-state index contributed by atoms with van der Waals surface area (Å²) < 4.78 is 1.26. The maximum absolute atomic E-state index is 2.38. The van der Waals surface area contributed by atoms with Gasteiger partial charge in [-0.05, 0) is 19.8 Å². The highest BCUT2D eigenvalue weighted by Crippen LogP contribution is 2.11. The van der Waals surface area contributed by atoms with Gasteiger partial charge < -0.3 is 4.48 Å². The van der Waals surface area contributed by atoms with Crippen molar-refractivity contribution in [2.24, 2.45) is 5.92 Å². The van der Waals surface area contributed by atoms with E-state index < -0.39 is 0 Å². The van der Waals surface area contributed by atoms with Crippen LogP contribution in [0.4, 0.5) is 0 Å². The average Bonchev–Trinajstić information content (AvgIpc) is 2.05. The Morgan fingerprint density at radius 1 is 1.17 bits per heavy atom. The Labute approximate surface area is 78.4 Å². The van der Waals surface area contributed by atoms with Gasteiger partial charge in [0.2, 0.25) is 0 Å². The standard InChI is InChI=1S/C11H26N/c1-6-9-12(5,8-3)10-11(4)7-2/h11H,6-10H2,1-5H3/q+1. The van der Waals surface area contributed by atoms with E-state index in [-0.39, 0.29) is 0 Å². The molecule has 0 aromatic heterocycles. The summed E-state index contributed by atoms with van der Waals surface area (Å²) >= 11 is 0. The van der Waals surface area contributed by atoms with Gasteiger partial charge in [-0.15, -0.1) is 0 Å². The van der Waals surface area contributed by atoms with Gasteiger partial charge in [-0.1, -0.05) is 20.8 Å². The van der Waals surface area contributed by atoms with Crippen molar-refractivity contribution in [3.05, 3.63) is 0 Å². The summed E-state index contributed by atoms with van der Waals surface area (Å²) in [4.78, 5) is 0. The molecule has 12 heavy (non-hydrogen) atoms. The van der Waals surface area contributed by atoms with Crippen LogP contribution in [0.25, 0.3) is 0 Å². The van der Waals surface area contributed by atoms with Gasteiger partial charge in [0, 0.05) is 5.92 Å². The molecule has 0 rings (SSSR count). The molecule has 74 valence electrons. The second kappa shape index (κ2) is 5.58. The van der Waals surface area contributed by atoms with Gasteiger partial charge in [0.25, 0.3) is 0 Å². The predicted molar refractivity (Wildman–Crippen MR) is 56.2 cm³/mol. The Kier molecular flexibility index (Phi) is 5.56. The number of hydrogen-bond acceptors (Lipinski definition) is 0. The van der Waals surface area contributed by atoms with E-state index in [0.29, 0.717) is 0 Å². The van der Waals surface area contributed by atoms with Crippen LogP contribution in [0.15, 0.2) is 0 Å². The molecule has 0 aliphatic rings. The topological polar surface area (TPSA) is 0 Å². The first-order chi connectivity index (χ1) is 5.58. The summed E-state index contributed by atoms with van der Waals surface area (Å²) in [5, 5.41) is 0. The summed E-state index contributed by atoms with van der Waals surface area (Å²) in [5.41, 5.74) is 0. The normalized spacial score (nSPS) is 18.8. The predicted octanol–water partition coefficient (Wildman–Crippen LogP) is 2.91. The van der Waals surface area contributed by atoms with Crippen LogP contribution in [0, 0.1) is 5.92 Å². The van der Waals surface area contributed by atoms with Crippen molar-refractivity contribution >= 4 is 0 Å². The zero-order chi connectivity index (χ0) is 9.61. The molecule has 0 spiro atoms. The minimum atomic E-state index is 0.876. The zero-order valence-electron chi connectivity index (χ0n) is 9.56. The lowest BCUT2D eigenvalue weighted by molar-refractivity contribution is -0.911. The number of hydrogen-bond donors (Lipinski definition) is 0. The SMILES string of the molecule is CCC[N+](C)(CC)CC(C)CC. The molecule has 0 bridgehead atoms. The number of rotatable bonds is 6. The van der Waals surface area contributed by atoms with E-state index in [4.69, 9.17) is 0 Å². The molecule has 0 aromatic rings. The summed E-state index contributed by atoms with van der Waals surface area (Å²) in [7, 11) is 2.38. The van der Waals surface area contributed by atoms with Crippen LogP contribution in [-0.2, 0) is 0 Å². The van der Waals surface area contributed by atoms with E-state index in [1.54, 1.807) is 0 Å². The molecule has 0 aromatic carbocycles. The van der Waals surface area contributed by atoms with E-state index in [2.05, 4.69) is 34.7 Å². The summed E-state index contributed by atoms with van der Waals surface area (Å²) in [6, 6.07) is 0. The highest BCUT2D eigenvalue weighted by Gasteiger charge is 2.20. The van der Waals surface area contributed by atoms with Crippen LogP contribution in [-0.4, -0.2) is 31.2 Å². The van der Waals surface area contributed by atoms with Crippen molar-refractivity contribution in [2.45, 2.75) is 40.5 Å². The molecule has 0 saturated heterocycles. The molecular weight excluding hydrogens is 146 g/mol. The first kappa shape index (κ1) is 12.0. The maximum atomic E-state index is 2.38. The molecule has 0 aliphatic carbocycles. The van der Waals surface area contributed by atoms with Gasteiger partial charge in [-0.3, -0.25) is 0 Å². The third-order valence-electron chi connectivity index (χ3n) is 2.98. The summed E-state index contributed by atoms with van der Waals surface area (Å²) in [5.74, 6) is 0.876. The molecule has 0 saturated carbocycles. The fourth-order valence-corrected chi connectivity index (χ4v) is 1.80. The molecule has 0 aliphatic heterocycles. The van der Waals surface area contributed by atoms with Crippen molar-refractivity contribution in [3.63, 3.8) is 0 Å². The lowest BCUT2D eigenvalue weighted by atomic mass is 10.1. The molecule has 0 N–H and O–H groups in total. The molecule has 0 radical (unpaired) electrons. The quantitative estimate of drug-likeness (QED) is 0.540. The summed E-state index contributed by atoms with van der Waals surface area (Å²) in [6.45, 7) is 13.2. The Balaban J connectivity index is 3.94. The molecule has 0 heterocycles. The second-order valence-electron chi connectivity index (χ2n) is 4.36. The van der Waals surface area contributed by atoms with Crippen LogP contribution >= 0.6 is 0 Å². The molecule has 1 heteroatoms. The summed E-state index contributed by atoms with van der Waals surface area (Å²) in [6.07, 6.45) is 2.62. The molecule has 2 unspecified atom stereocenters. The van der Waals surface area contributed by atoms with E-state index in [0.717, 1.165) is 5.92 Å². The van der Waals surface area contributed by atoms with Crippen LogP contribution in [0.3, 0.4) is 0 Å². The Bertz CT molecular complexity index is 112. The fourth-order valence-electron chi connectivity index (χ4n) is 1.80. The van der Waals surface area contributed by atoms with Gasteiger partial charge in [0.15, 0.2) is 0 Å². The zero-order valence-corrected chi connectivity index (χ0v) is 9.56.